The molecule has 0 atom stereocenters. The summed E-state index contributed by atoms with van der Waals surface area (Å²) < 4.78 is 10.2. The highest BCUT2D eigenvalue weighted by atomic mass is 32.1. The standard InChI is InChI=1S/C29H29N3O4S/c1-18-9-12-21-15-22(27(33)31-26(21)19(18)2)17-32(16-20-10-13-23(35-3)14-11-20)29(37)30-25-8-6-5-7-24(25)28(34)36-4/h5-15H,16-17H2,1-4H3,(H,30,37)(H,31,33). The van der Waals surface area contributed by atoms with Gasteiger partial charge in [0.25, 0.3) is 5.56 Å². The molecular formula is C29H29N3O4S. The minimum atomic E-state index is -0.468. The van der Waals surface area contributed by atoms with E-state index in [2.05, 4.69) is 10.3 Å². The number of fused-ring (bicyclic) bond motifs is 1. The summed E-state index contributed by atoms with van der Waals surface area (Å²) in [4.78, 5) is 30.3. The first-order valence-corrected chi connectivity index (χ1v) is 12.2. The Balaban J connectivity index is 1.69. The largest absolute Gasteiger partial charge is 0.497 e. The molecule has 0 aliphatic heterocycles. The van der Waals surface area contributed by atoms with Gasteiger partial charge in [-0.2, -0.15) is 0 Å². The lowest BCUT2D eigenvalue weighted by molar-refractivity contribution is 0.0602. The zero-order valence-corrected chi connectivity index (χ0v) is 22.1. The number of pyridine rings is 1. The lowest BCUT2D eigenvalue weighted by Crippen LogP contribution is -2.36. The quantitative estimate of drug-likeness (QED) is 0.254. The van der Waals surface area contributed by atoms with Crippen LogP contribution in [0.2, 0.25) is 0 Å². The molecule has 3 aromatic carbocycles. The molecule has 0 amide bonds. The van der Waals surface area contributed by atoms with Gasteiger partial charge in [-0.1, -0.05) is 36.4 Å². The maximum atomic E-state index is 13.1. The Hall–Kier alpha value is -4.17. The van der Waals surface area contributed by atoms with Crippen molar-refractivity contribution in [3.63, 3.8) is 0 Å². The molecule has 2 N–H and O–H groups in total. The number of aromatic amines is 1. The summed E-state index contributed by atoms with van der Waals surface area (Å²) in [5.41, 5.74) is 5.29. The van der Waals surface area contributed by atoms with Crippen molar-refractivity contribution in [2.75, 3.05) is 19.5 Å². The Labute approximate surface area is 221 Å². The molecule has 0 aliphatic carbocycles. The molecule has 7 nitrogen and oxygen atoms in total. The number of ether oxygens (including phenoxy) is 2. The molecule has 0 spiro atoms. The van der Waals surface area contributed by atoms with Gasteiger partial charge >= 0.3 is 5.97 Å². The molecule has 0 bridgehead atoms. The predicted molar refractivity (Wildman–Crippen MR) is 150 cm³/mol. The normalized spacial score (nSPS) is 10.7. The second kappa shape index (κ2) is 11.3. The molecule has 4 rings (SSSR count). The van der Waals surface area contributed by atoms with Gasteiger partial charge in [0.15, 0.2) is 5.11 Å². The molecule has 0 saturated heterocycles. The minimum Gasteiger partial charge on any atom is -0.497 e. The summed E-state index contributed by atoms with van der Waals surface area (Å²) in [5.74, 6) is 0.281. The molecule has 4 aromatic rings. The van der Waals surface area contributed by atoms with Crippen molar-refractivity contribution in [2.45, 2.75) is 26.9 Å². The summed E-state index contributed by atoms with van der Waals surface area (Å²) >= 11 is 5.79. The zero-order valence-electron chi connectivity index (χ0n) is 21.3. The number of rotatable bonds is 7. The molecule has 0 radical (unpaired) electrons. The van der Waals surface area contributed by atoms with E-state index in [9.17, 15) is 9.59 Å². The monoisotopic (exact) mass is 515 g/mol. The van der Waals surface area contributed by atoms with Crippen molar-refractivity contribution in [1.82, 2.24) is 9.88 Å². The maximum Gasteiger partial charge on any atom is 0.339 e. The number of H-pyrrole nitrogens is 1. The number of esters is 1. The number of benzene rings is 3. The highest BCUT2D eigenvalue weighted by Crippen LogP contribution is 2.22. The molecule has 0 saturated carbocycles. The van der Waals surface area contributed by atoms with Gasteiger partial charge < -0.3 is 24.7 Å². The Morgan fingerprint density at radius 3 is 2.43 bits per heavy atom. The van der Waals surface area contributed by atoms with Crippen LogP contribution < -0.4 is 15.6 Å². The molecule has 190 valence electrons. The minimum absolute atomic E-state index is 0.168. The number of carbonyl (C=O) groups excluding carboxylic acids is 1. The van der Waals surface area contributed by atoms with Gasteiger partial charge in [0, 0.05) is 12.1 Å². The number of aryl methyl sites for hydroxylation is 2. The van der Waals surface area contributed by atoms with E-state index in [1.165, 1.54) is 7.11 Å². The van der Waals surface area contributed by atoms with E-state index >= 15 is 0 Å². The van der Waals surface area contributed by atoms with E-state index in [0.717, 1.165) is 33.3 Å². The number of hydrogen-bond donors (Lipinski definition) is 2. The molecular weight excluding hydrogens is 486 g/mol. The molecule has 1 heterocycles. The number of nitrogens with one attached hydrogen (secondary N) is 2. The van der Waals surface area contributed by atoms with Crippen molar-refractivity contribution in [3.05, 3.63) is 105 Å². The van der Waals surface area contributed by atoms with Gasteiger partial charge in [-0.25, -0.2) is 4.79 Å². The third-order valence-corrected chi connectivity index (χ3v) is 6.74. The van der Waals surface area contributed by atoms with Crippen LogP contribution in [-0.2, 0) is 17.8 Å². The number of para-hydroxylation sites is 1. The smallest absolute Gasteiger partial charge is 0.339 e. The lowest BCUT2D eigenvalue weighted by atomic mass is 10.0. The summed E-state index contributed by atoms with van der Waals surface area (Å²) in [6, 6.07) is 20.6. The van der Waals surface area contributed by atoms with Crippen LogP contribution in [0.4, 0.5) is 5.69 Å². The van der Waals surface area contributed by atoms with E-state index in [4.69, 9.17) is 21.7 Å². The van der Waals surface area contributed by atoms with Crippen molar-refractivity contribution in [2.24, 2.45) is 0 Å². The fourth-order valence-corrected chi connectivity index (χ4v) is 4.36. The Morgan fingerprint density at radius 1 is 1.00 bits per heavy atom. The van der Waals surface area contributed by atoms with Crippen molar-refractivity contribution >= 4 is 39.9 Å². The van der Waals surface area contributed by atoms with E-state index < -0.39 is 5.97 Å². The highest BCUT2D eigenvalue weighted by molar-refractivity contribution is 7.80. The number of anilines is 1. The SMILES string of the molecule is COC(=O)c1ccccc1NC(=S)N(Cc1ccc(OC)cc1)Cc1cc2ccc(C)c(C)c2[nH]c1=O. The third kappa shape index (κ3) is 5.81. The van der Waals surface area contributed by atoms with Crippen molar-refractivity contribution in [1.29, 1.82) is 0 Å². The van der Waals surface area contributed by atoms with E-state index in [1.807, 2.05) is 67.3 Å². The van der Waals surface area contributed by atoms with Gasteiger partial charge in [-0.3, -0.25) is 4.79 Å². The van der Waals surface area contributed by atoms with E-state index in [-0.39, 0.29) is 12.1 Å². The Kier molecular flexibility index (Phi) is 7.89. The van der Waals surface area contributed by atoms with Crippen LogP contribution in [0.25, 0.3) is 10.9 Å². The van der Waals surface area contributed by atoms with Crippen LogP contribution in [0.1, 0.15) is 32.6 Å². The average Bonchev–Trinajstić information content (AvgIpc) is 2.91. The number of carbonyl (C=O) groups is 1. The van der Waals surface area contributed by atoms with Crippen LogP contribution in [0.15, 0.2) is 71.5 Å². The number of nitrogens with zero attached hydrogens (tertiary/aromatic N) is 1. The predicted octanol–water partition coefficient (Wildman–Crippen LogP) is 5.34. The summed E-state index contributed by atoms with van der Waals surface area (Å²) in [6.07, 6.45) is 0. The molecule has 8 heteroatoms. The van der Waals surface area contributed by atoms with Gasteiger partial charge in [-0.05, 0) is 78.5 Å². The van der Waals surface area contributed by atoms with E-state index in [0.29, 0.717) is 28.5 Å². The van der Waals surface area contributed by atoms with Crippen molar-refractivity contribution in [3.8, 4) is 5.75 Å². The third-order valence-electron chi connectivity index (χ3n) is 6.38. The first-order valence-electron chi connectivity index (χ1n) is 11.8. The lowest BCUT2D eigenvalue weighted by Gasteiger charge is -2.26. The number of methoxy groups -OCH3 is 2. The second-order valence-corrected chi connectivity index (χ2v) is 9.15. The van der Waals surface area contributed by atoms with Crippen LogP contribution >= 0.6 is 12.2 Å². The highest BCUT2D eigenvalue weighted by Gasteiger charge is 2.18. The molecule has 1 aromatic heterocycles. The van der Waals surface area contributed by atoms with Crippen LogP contribution in [0, 0.1) is 13.8 Å². The summed E-state index contributed by atoms with van der Waals surface area (Å²) in [7, 11) is 2.96. The summed E-state index contributed by atoms with van der Waals surface area (Å²) in [6.45, 7) is 4.71. The Bertz CT molecular complexity index is 1510. The average molecular weight is 516 g/mol. The number of hydrogen-bond acceptors (Lipinski definition) is 5. The van der Waals surface area contributed by atoms with Crippen LogP contribution in [-0.4, -0.2) is 35.2 Å². The zero-order chi connectivity index (χ0) is 26.5. The fourth-order valence-electron chi connectivity index (χ4n) is 4.12. The Morgan fingerprint density at radius 2 is 1.73 bits per heavy atom. The van der Waals surface area contributed by atoms with E-state index in [1.54, 1.807) is 25.3 Å². The molecule has 0 fully saturated rings. The van der Waals surface area contributed by atoms with Crippen molar-refractivity contribution < 1.29 is 14.3 Å². The molecule has 0 unspecified atom stereocenters. The number of aromatic nitrogens is 1. The molecule has 0 aliphatic rings. The topological polar surface area (TPSA) is 83.7 Å². The van der Waals surface area contributed by atoms with Gasteiger partial charge in [0.05, 0.1) is 37.5 Å². The number of thiocarbonyl (C=S) groups is 1. The fraction of sp³-hybridized carbons (Fsp3) is 0.207. The first-order chi connectivity index (χ1) is 17.8. The molecule has 37 heavy (non-hydrogen) atoms. The summed E-state index contributed by atoms with van der Waals surface area (Å²) in [5, 5.41) is 4.50. The second-order valence-electron chi connectivity index (χ2n) is 8.77. The first kappa shape index (κ1) is 25.9. The van der Waals surface area contributed by atoms with Crippen LogP contribution in [0.5, 0.6) is 5.75 Å². The van der Waals surface area contributed by atoms with Gasteiger partial charge in [0.2, 0.25) is 0 Å². The van der Waals surface area contributed by atoms with Gasteiger partial charge in [-0.15, -0.1) is 0 Å². The van der Waals surface area contributed by atoms with Gasteiger partial charge in [0.1, 0.15) is 5.75 Å². The maximum absolute atomic E-state index is 13.1. The van der Waals surface area contributed by atoms with Crippen LogP contribution in [0.3, 0.4) is 0 Å².